The number of carbonyl (C=O) groups is 1. The van der Waals surface area contributed by atoms with E-state index >= 15 is 0 Å². The molecular formula is C23H22FNO4. The molecule has 29 heavy (non-hydrogen) atoms. The van der Waals surface area contributed by atoms with Gasteiger partial charge in [0.05, 0.1) is 19.9 Å². The number of hydrogen-bond donors (Lipinski definition) is 1. The number of carbonyl (C=O) groups excluding carboxylic acids is 1. The molecule has 0 fully saturated rings. The van der Waals surface area contributed by atoms with E-state index in [9.17, 15) is 9.18 Å². The number of benzene rings is 3. The first-order valence-electron chi connectivity index (χ1n) is 9.13. The molecule has 0 heterocycles. The smallest absolute Gasteiger partial charge is 0.224 e. The van der Waals surface area contributed by atoms with Crippen molar-refractivity contribution in [2.24, 2.45) is 0 Å². The summed E-state index contributed by atoms with van der Waals surface area (Å²) in [5.41, 5.74) is 1.39. The van der Waals surface area contributed by atoms with E-state index in [4.69, 9.17) is 14.2 Å². The monoisotopic (exact) mass is 395 g/mol. The molecule has 3 aromatic carbocycles. The molecule has 1 amide bonds. The molecule has 0 aliphatic carbocycles. The summed E-state index contributed by atoms with van der Waals surface area (Å²) in [6.07, 6.45) is 0.733. The van der Waals surface area contributed by atoms with Gasteiger partial charge in [0.25, 0.3) is 0 Å². The standard InChI is InChI=1S/C23H22FNO4/c1-27-21-12-5-7-16(23(21)28-2)13-14-22(26)25-19-10-3-4-11-20(19)29-18-9-6-8-17(24)15-18/h3-12,15H,13-14H2,1-2H3,(H,25,26). The van der Waals surface area contributed by atoms with Crippen molar-refractivity contribution < 1.29 is 23.4 Å². The third-order valence-electron chi connectivity index (χ3n) is 4.29. The molecule has 5 nitrogen and oxygen atoms in total. The first kappa shape index (κ1) is 20.2. The number of rotatable bonds is 8. The number of amides is 1. The Kier molecular flexibility index (Phi) is 6.68. The lowest BCUT2D eigenvalue weighted by Crippen LogP contribution is -2.13. The quantitative estimate of drug-likeness (QED) is 0.569. The van der Waals surface area contributed by atoms with Crippen LogP contribution >= 0.6 is 0 Å². The van der Waals surface area contributed by atoms with Crippen LogP contribution < -0.4 is 19.5 Å². The Morgan fingerprint density at radius 1 is 0.931 bits per heavy atom. The van der Waals surface area contributed by atoms with E-state index in [-0.39, 0.29) is 12.3 Å². The molecule has 0 aromatic heterocycles. The van der Waals surface area contributed by atoms with E-state index in [1.165, 1.54) is 12.1 Å². The zero-order valence-electron chi connectivity index (χ0n) is 16.3. The molecule has 1 N–H and O–H groups in total. The molecule has 0 atom stereocenters. The molecule has 150 valence electrons. The van der Waals surface area contributed by atoms with Crippen LogP contribution in [0.2, 0.25) is 0 Å². The average Bonchev–Trinajstić information content (AvgIpc) is 2.73. The Morgan fingerprint density at radius 3 is 2.45 bits per heavy atom. The van der Waals surface area contributed by atoms with Crippen LogP contribution in [0.15, 0.2) is 66.7 Å². The molecule has 3 rings (SSSR count). The molecule has 0 radical (unpaired) electrons. The van der Waals surface area contributed by atoms with Gasteiger partial charge < -0.3 is 19.5 Å². The van der Waals surface area contributed by atoms with E-state index in [1.54, 1.807) is 50.6 Å². The predicted octanol–water partition coefficient (Wildman–Crippen LogP) is 5.21. The van der Waals surface area contributed by atoms with E-state index in [1.807, 2.05) is 18.2 Å². The van der Waals surface area contributed by atoms with Crippen LogP contribution in [0.5, 0.6) is 23.0 Å². The van der Waals surface area contributed by atoms with Gasteiger partial charge in [0.15, 0.2) is 17.2 Å². The molecular weight excluding hydrogens is 373 g/mol. The first-order chi connectivity index (χ1) is 14.1. The lowest BCUT2D eigenvalue weighted by Gasteiger charge is -2.14. The van der Waals surface area contributed by atoms with Crippen LogP contribution in [0, 0.1) is 5.82 Å². The highest BCUT2D eigenvalue weighted by molar-refractivity contribution is 5.92. The fourth-order valence-corrected chi connectivity index (χ4v) is 2.93. The second-order valence-corrected chi connectivity index (χ2v) is 6.26. The van der Waals surface area contributed by atoms with Crippen LogP contribution in [0.25, 0.3) is 0 Å². The maximum absolute atomic E-state index is 13.4. The Balaban J connectivity index is 1.67. The molecule has 0 saturated carbocycles. The summed E-state index contributed by atoms with van der Waals surface area (Å²) in [5.74, 6) is 1.47. The van der Waals surface area contributed by atoms with Crippen molar-refractivity contribution in [3.05, 3.63) is 78.1 Å². The Hall–Kier alpha value is -3.54. The minimum Gasteiger partial charge on any atom is -0.493 e. The molecule has 3 aromatic rings. The minimum atomic E-state index is -0.392. The van der Waals surface area contributed by atoms with Crippen LogP contribution in [0.3, 0.4) is 0 Å². The van der Waals surface area contributed by atoms with Gasteiger partial charge in [-0.2, -0.15) is 0 Å². The molecule has 0 aliphatic rings. The second kappa shape index (κ2) is 9.59. The van der Waals surface area contributed by atoms with Gasteiger partial charge in [-0.05, 0) is 42.3 Å². The number of hydrogen-bond acceptors (Lipinski definition) is 4. The zero-order valence-corrected chi connectivity index (χ0v) is 16.3. The summed E-state index contributed by atoms with van der Waals surface area (Å²) in [5, 5.41) is 2.85. The predicted molar refractivity (Wildman–Crippen MR) is 109 cm³/mol. The molecule has 6 heteroatoms. The summed E-state index contributed by atoms with van der Waals surface area (Å²) in [6.45, 7) is 0. The maximum Gasteiger partial charge on any atom is 0.224 e. The fourth-order valence-electron chi connectivity index (χ4n) is 2.93. The van der Waals surface area contributed by atoms with Crippen LogP contribution in [-0.2, 0) is 11.2 Å². The summed E-state index contributed by atoms with van der Waals surface area (Å²) in [6, 6.07) is 18.4. The van der Waals surface area contributed by atoms with Gasteiger partial charge in [0.2, 0.25) is 5.91 Å². The van der Waals surface area contributed by atoms with Crippen molar-refractivity contribution in [1.82, 2.24) is 0 Å². The van der Waals surface area contributed by atoms with E-state index in [2.05, 4.69) is 5.32 Å². The maximum atomic E-state index is 13.4. The minimum absolute atomic E-state index is 0.176. The molecule has 0 unspecified atom stereocenters. The third kappa shape index (κ3) is 5.25. The highest BCUT2D eigenvalue weighted by atomic mass is 19.1. The van der Waals surface area contributed by atoms with Crippen LogP contribution in [0.1, 0.15) is 12.0 Å². The van der Waals surface area contributed by atoms with Gasteiger partial charge in [-0.15, -0.1) is 0 Å². The Morgan fingerprint density at radius 2 is 1.69 bits per heavy atom. The average molecular weight is 395 g/mol. The van der Waals surface area contributed by atoms with Gasteiger partial charge in [0, 0.05) is 12.5 Å². The summed E-state index contributed by atoms with van der Waals surface area (Å²) < 4.78 is 29.8. The number of nitrogens with one attached hydrogen (secondary N) is 1. The number of ether oxygens (including phenoxy) is 3. The molecule has 0 spiro atoms. The lowest BCUT2D eigenvalue weighted by molar-refractivity contribution is -0.116. The SMILES string of the molecule is COc1cccc(CCC(=O)Nc2ccccc2Oc2cccc(F)c2)c1OC. The largest absolute Gasteiger partial charge is 0.493 e. The van der Waals surface area contributed by atoms with Crippen molar-refractivity contribution in [3.8, 4) is 23.0 Å². The fraction of sp³-hybridized carbons (Fsp3) is 0.174. The van der Waals surface area contributed by atoms with E-state index in [0.29, 0.717) is 35.1 Å². The zero-order chi connectivity index (χ0) is 20.6. The van der Waals surface area contributed by atoms with Gasteiger partial charge >= 0.3 is 0 Å². The van der Waals surface area contributed by atoms with E-state index < -0.39 is 5.82 Å². The topological polar surface area (TPSA) is 56.8 Å². The van der Waals surface area contributed by atoms with Crippen molar-refractivity contribution >= 4 is 11.6 Å². The number of methoxy groups -OCH3 is 2. The summed E-state index contributed by atoms with van der Waals surface area (Å²) >= 11 is 0. The van der Waals surface area contributed by atoms with Crippen LogP contribution in [-0.4, -0.2) is 20.1 Å². The number of aryl methyl sites for hydroxylation is 1. The van der Waals surface area contributed by atoms with Crippen molar-refractivity contribution in [3.63, 3.8) is 0 Å². The summed E-state index contributed by atoms with van der Waals surface area (Å²) in [7, 11) is 3.14. The van der Waals surface area contributed by atoms with Gasteiger partial charge in [-0.25, -0.2) is 4.39 Å². The molecule has 0 bridgehead atoms. The Labute approximate surface area is 169 Å². The highest BCUT2D eigenvalue weighted by Crippen LogP contribution is 2.32. The molecule has 0 saturated heterocycles. The van der Waals surface area contributed by atoms with Gasteiger partial charge in [0.1, 0.15) is 11.6 Å². The van der Waals surface area contributed by atoms with Gasteiger partial charge in [-0.1, -0.05) is 30.3 Å². The normalized spacial score (nSPS) is 10.3. The number of para-hydroxylation sites is 3. The van der Waals surface area contributed by atoms with Crippen LogP contribution in [0.4, 0.5) is 10.1 Å². The molecule has 0 aliphatic heterocycles. The van der Waals surface area contributed by atoms with Crippen molar-refractivity contribution in [1.29, 1.82) is 0 Å². The van der Waals surface area contributed by atoms with E-state index in [0.717, 1.165) is 5.56 Å². The Bertz CT molecular complexity index is 990. The second-order valence-electron chi connectivity index (χ2n) is 6.26. The number of halogens is 1. The third-order valence-corrected chi connectivity index (χ3v) is 4.29. The van der Waals surface area contributed by atoms with Gasteiger partial charge in [-0.3, -0.25) is 4.79 Å². The lowest BCUT2D eigenvalue weighted by atomic mass is 10.1. The first-order valence-corrected chi connectivity index (χ1v) is 9.13. The van der Waals surface area contributed by atoms with Crippen molar-refractivity contribution in [2.75, 3.05) is 19.5 Å². The number of anilines is 1. The highest BCUT2D eigenvalue weighted by Gasteiger charge is 2.13. The summed E-state index contributed by atoms with van der Waals surface area (Å²) in [4.78, 5) is 12.5. The van der Waals surface area contributed by atoms with Crippen molar-refractivity contribution in [2.45, 2.75) is 12.8 Å².